The molecule has 3 heteroatoms. The zero-order valence-electron chi connectivity index (χ0n) is 8.79. The van der Waals surface area contributed by atoms with Gasteiger partial charge < -0.3 is 9.84 Å². The van der Waals surface area contributed by atoms with Crippen molar-refractivity contribution in [1.82, 2.24) is 0 Å². The molecule has 0 fully saturated rings. The van der Waals surface area contributed by atoms with Gasteiger partial charge in [-0.3, -0.25) is 0 Å². The fourth-order valence-corrected chi connectivity index (χ4v) is 1.87. The van der Waals surface area contributed by atoms with Crippen LogP contribution in [0.1, 0.15) is 39.5 Å². The lowest BCUT2D eigenvalue weighted by Crippen LogP contribution is -2.11. The van der Waals surface area contributed by atoms with Crippen LogP contribution >= 0.6 is 11.8 Å². The Balaban J connectivity index is 2.91. The highest BCUT2D eigenvalue weighted by Crippen LogP contribution is 2.06. The van der Waals surface area contributed by atoms with Crippen LogP contribution in [0.25, 0.3) is 0 Å². The van der Waals surface area contributed by atoms with Crippen molar-refractivity contribution in [1.29, 1.82) is 0 Å². The van der Waals surface area contributed by atoms with Gasteiger partial charge in [0.05, 0.1) is 6.61 Å². The fourth-order valence-electron chi connectivity index (χ4n) is 0.847. The smallest absolute Gasteiger partial charge is 0.154 e. The minimum atomic E-state index is -0.555. The van der Waals surface area contributed by atoms with Crippen LogP contribution in [-0.4, -0.2) is 29.5 Å². The first-order valence-electron chi connectivity index (χ1n) is 5.18. The van der Waals surface area contributed by atoms with Gasteiger partial charge in [0.1, 0.15) is 0 Å². The summed E-state index contributed by atoms with van der Waals surface area (Å²) in [6.07, 6.45) is 3.76. The van der Waals surface area contributed by atoms with E-state index >= 15 is 0 Å². The Kier molecular flexibility index (Phi) is 10.6. The summed E-state index contributed by atoms with van der Waals surface area (Å²) >= 11 is 1.98. The van der Waals surface area contributed by atoms with E-state index in [1.54, 1.807) is 0 Å². The van der Waals surface area contributed by atoms with Gasteiger partial charge in [-0.25, -0.2) is 0 Å². The molecule has 0 saturated carbocycles. The lowest BCUT2D eigenvalue weighted by Gasteiger charge is -2.08. The molecular weight excluding hydrogens is 184 g/mol. The molecule has 0 aliphatic rings. The van der Waals surface area contributed by atoms with E-state index in [2.05, 4.69) is 6.92 Å². The largest absolute Gasteiger partial charge is 0.368 e. The first kappa shape index (κ1) is 13.3. The lowest BCUT2D eigenvalue weighted by molar-refractivity contribution is -0.0994. The van der Waals surface area contributed by atoms with E-state index in [9.17, 15) is 0 Å². The minimum Gasteiger partial charge on any atom is -0.368 e. The second-order valence-electron chi connectivity index (χ2n) is 3.05. The zero-order chi connectivity index (χ0) is 9.94. The first-order chi connectivity index (χ1) is 6.31. The van der Waals surface area contributed by atoms with Gasteiger partial charge in [0.15, 0.2) is 6.29 Å². The molecule has 0 aromatic carbocycles. The second-order valence-corrected chi connectivity index (χ2v) is 4.28. The van der Waals surface area contributed by atoms with Crippen molar-refractivity contribution >= 4 is 11.8 Å². The average molecular weight is 206 g/mol. The molecular formula is C10H22O2S. The highest BCUT2D eigenvalue weighted by molar-refractivity contribution is 7.99. The van der Waals surface area contributed by atoms with Crippen molar-refractivity contribution in [2.24, 2.45) is 0 Å². The quantitative estimate of drug-likeness (QED) is 0.464. The molecule has 0 aliphatic heterocycles. The fraction of sp³-hybridized carbons (Fsp3) is 1.00. The van der Waals surface area contributed by atoms with Crippen molar-refractivity contribution in [2.75, 3.05) is 18.1 Å². The summed E-state index contributed by atoms with van der Waals surface area (Å²) in [7, 11) is 0. The molecule has 0 rings (SSSR count). The molecule has 0 bridgehead atoms. The Morgan fingerprint density at radius 2 is 1.92 bits per heavy atom. The van der Waals surface area contributed by atoms with E-state index in [4.69, 9.17) is 9.84 Å². The SMILES string of the molecule is CCCCSCCCOC(O)CC. The molecule has 0 aromatic heterocycles. The van der Waals surface area contributed by atoms with Crippen LogP contribution in [-0.2, 0) is 4.74 Å². The Bertz CT molecular complexity index is 98.9. The van der Waals surface area contributed by atoms with E-state index in [0.29, 0.717) is 13.0 Å². The van der Waals surface area contributed by atoms with E-state index in [-0.39, 0.29) is 0 Å². The highest BCUT2D eigenvalue weighted by Gasteiger charge is 1.98. The van der Waals surface area contributed by atoms with Crippen molar-refractivity contribution in [3.8, 4) is 0 Å². The predicted octanol–water partition coefficient (Wildman–Crippen LogP) is 2.65. The van der Waals surface area contributed by atoms with Crippen molar-refractivity contribution < 1.29 is 9.84 Å². The van der Waals surface area contributed by atoms with Crippen LogP contribution in [0.15, 0.2) is 0 Å². The molecule has 0 heterocycles. The van der Waals surface area contributed by atoms with Gasteiger partial charge in [-0.2, -0.15) is 11.8 Å². The Morgan fingerprint density at radius 1 is 1.23 bits per heavy atom. The molecule has 0 saturated heterocycles. The topological polar surface area (TPSA) is 29.5 Å². The molecule has 1 atom stereocenters. The van der Waals surface area contributed by atoms with Gasteiger partial charge in [0.2, 0.25) is 0 Å². The number of aliphatic hydroxyl groups is 1. The van der Waals surface area contributed by atoms with Gasteiger partial charge in [-0.15, -0.1) is 0 Å². The number of hydrogen-bond donors (Lipinski definition) is 1. The summed E-state index contributed by atoms with van der Waals surface area (Å²) < 4.78 is 5.14. The molecule has 0 amide bonds. The number of unbranched alkanes of at least 4 members (excludes halogenated alkanes) is 1. The van der Waals surface area contributed by atoms with Gasteiger partial charge in [-0.05, 0) is 30.8 Å². The van der Waals surface area contributed by atoms with E-state index in [0.717, 1.165) is 12.2 Å². The summed E-state index contributed by atoms with van der Waals surface area (Å²) in [6, 6.07) is 0. The van der Waals surface area contributed by atoms with Crippen LogP contribution in [0.5, 0.6) is 0 Å². The van der Waals surface area contributed by atoms with E-state index in [1.165, 1.54) is 18.6 Å². The van der Waals surface area contributed by atoms with Crippen molar-refractivity contribution in [3.63, 3.8) is 0 Å². The third-order valence-corrected chi connectivity index (χ3v) is 2.89. The van der Waals surface area contributed by atoms with Crippen LogP contribution in [0.4, 0.5) is 0 Å². The normalized spacial score (nSPS) is 13.2. The number of rotatable bonds is 9. The summed E-state index contributed by atoms with van der Waals surface area (Å²) in [4.78, 5) is 0. The number of hydrogen-bond acceptors (Lipinski definition) is 3. The highest BCUT2D eigenvalue weighted by atomic mass is 32.2. The Labute approximate surface area is 86.1 Å². The monoisotopic (exact) mass is 206 g/mol. The molecule has 0 aliphatic carbocycles. The van der Waals surface area contributed by atoms with Crippen molar-refractivity contribution in [2.45, 2.75) is 45.8 Å². The van der Waals surface area contributed by atoms with E-state index in [1.807, 2.05) is 18.7 Å². The molecule has 0 radical (unpaired) electrons. The number of aliphatic hydroxyl groups excluding tert-OH is 1. The summed E-state index contributed by atoms with van der Waals surface area (Å²) in [6.45, 7) is 4.82. The molecule has 0 spiro atoms. The van der Waals surface area contributed by atoms with Gasteiger partial charge >= 0.3 is 0 Å². The Morgan fingerprint density at radius 3 is 2.54 bits per heavy atom. The summed E-state index contributed by atoms with van der Waals surface area (Å²) in [5.41, 5.74) is 0. The molecule has 0 aromatic rings. The molecule has 1 N–H and O–H groups in total. The third-order valence-electron chi connectivity index (χ3n) is 1.73. The zero-order valence-corrected chi connectivity index (χ0v) is 9.61. The molecule has 1 unspecified atom stereocenters. The third kappa shape index (κ3) is 10.2. The summed E-state index contributed by atoms with van der Waals surface area (Å²) in [5.74, 6) is 2.41. The maximum absolute atomic E-state index is 9.07. The lowest BCUT2D eigenvalue weighted by atomic mass is 10.4. The average Bonchev–Trinajstić information content (AvgIpc) is 2.16. The van der Waals surface area contributed by atoms with Crippen LogP contribution in [0, 0.1) is 0 Å². The van der Waals surface area contributed by atoms with Crippen LogP contribution in [0.2, 0.25) is 0 Å². The maximum Gasteiger partial charge on any atom is 0.154 e. The van der Waals surface area contributed by atoms with Crippen LogP contribution < -0.4 is 0 Å². The molecule has 13 heavy (non-hydrogen) atoms. The molecule has 2 nitrogen and oxygen atoms in total. The minimum absolute atomic E-state index is 0.555. The van der Waals surface area contributed by atoms with E-state index < -0.39 is 6.29 Å². The van der Waals surface area contributed by atoms with Gasteiger partial charge in [0.25, 0.3) is 0 Å². The van der Waals surface area contributed by atoms with Crippen molar-refractivity contribution in [3.05, 3.63) is 0 Å². The first-order valence-corrected chi connectivity index (χ1v) is 6.34. The second kappa shape index (κ2) is 10.4. The maximum atomic E-state index is 9.07. The predicted molar refractivity (Wildman–Crippen MR) is 59.1 cm³/mol. The van der Waals surface area contributed by atoms with Gasteiger partial charge in [-0.1, -0.05) is 20.3 Å². The Hall–Kier alpha value is 0.270. The number of thioether (sulfide) groups is 1. The standard InChI is InChI=1S/C10H22O2S/c1-3-5-8-13-9-6-7-12-10(11)4-2/h10-11H,3-9H2,1-2H3. The summed E-state index contributed by atoms with van der Waals surface area (Å²) in [5, 5.41) is 9.07. The molecule has 80 valence electrons. The number of ether oxygens (including phenoxy) is 1. The van der Waals surface area contributed by atoms with Crippen LogP contribution in [0.3, 0.4) is 0 Å². The van der Waals surface area contributed by atoms with Gasteiger partial charge in [0, 0.05) is 0 Å².